The first-order valence-electron chi connectivity index (χ1n) is 7.78. The summed E-state index contributed by atoms with van der Waals surface area (Å²) >= 11 is 0. The van der Waals surface area contributed by atoms with Crippen LogP contribution < -0.4 is 5.32 Å². The van der Waals surface area contributed by atoms with Crippen LogP contribution in [0.1, 0.15) is 17.3 Å². The first-order chi connectivity index (χ1) is 11.9. The van der Waals surface area contributed by atoms with Crippen LogP contribution in [0.2, 0.25) is 0 Å². The van der Waals surface area contributed by atoms with Crippen LogP contribution in [-0.2, 0) is 6.18 Å². The van der Waals surface area contributed by atoms with Gasteiger partial charge in [0.1, 0.15) is 5.69 Å². The molecule has 1 unspecified atom stereocenters. The zero-order valence-electron chi connectivity index (χ0n) is 13.4. The van der Waals surface area contributed by atoms with Gasteiger partial charge < -0.3 is 9.32 Å². The van der Waals surface area contributed by atoms with Crippen molar-refractivity contribution in [2.75, 3.05) is 26.7 Å². The Hall–Kier alpha value is -2.39. The molecule has 3 aromatic heterocycles. The summed E-state index contributed by atoms with van der Waals surface area (Å²) in [6.07, 6.45) is -1.74. The summed E-state index contributed by atoms with van der Waals surface area (Å²) in [5.74, 6) is 0.276. The highest BCUT2D eigenvalue weighted by Crippen LogP contribution is 2.34. The van der Waals surface area contributed by atoms with Gasteiger partial charge in [0.25, 0.3) is 0 Å². The Balaban J connectivity index is 1.90. The minimum Gasteiger partial charge on any atom is -0.463 e. The summed E-state index contributed by atoms with van der Waals surface area (Å²) in [5, 5.41) is 8.45. The quantitative estimate of drug-likeness (QED) is 0.713. The summed E-state index contributed by atoms with van der Waals surface area (Å²) in [5.41, 5.74) is -0.0224. The summed E-state index contributed by atoms with van der Waals surface area (Å²) in [4.78, 5) is 6.47. The average molecular weight is 350 g/mol. The first kappa shape index (κ1) is 16.1. The molecular formula is C16H15F3N5O. The molecule has 131 valence electrons. The van der Waals surface area contributed by atoms with Gasteiger partial charge in [-0.3, -0.25) is 0 Å². The van der Waals surface area contributed by atoms with Crippen LogP contribution in [0.4, 0.5) is 13.2 Å². The molecule has 4 rings (SSSR count). The number of alkyl halides is 3. The molecule has 0 N–H and O–H groups in total. The van der Waals surface area contributed by atoms with Gasteiger partial charge in [-0.2, -0.15) is 18.3 Å². The molecule has 0 spiro atoms. The molecule has 0 aromatic carbocycles. The van der Waals surface area contributed by atoms with Crippen LogP contribution in [0, 0.1) is 0 Å². The third-order valence-corrected chi connectivity index (χ3v) is 4.24. The van der Waals surface area contributed by atoms with Gasteiger partial charge in [-0.15, -0.1) is 0 Å². The maximum absolute atomic E-state index is 13.5. The monoisotopic (exact) mass is 350 g/mol. The molecule has 25 heavy (non-hydrogen) atoms. The molecule has 1 saturated heterocycles. The van der Waals surface area contributed by atoms with Crippen molar-refractivity contribution in [1.82, 2.24) is 24.8 Å². The fourth-order valence-corrected chi connectivity index (χ4v) is 2.99. The summed E-state index contributed by atoms with van der Waals surface area (Å²) < 4.78 is 46.6. The molecule has 0 amide bonds. The van der Waals surface area contributed by atoms with Crippen LogP contribution in [0.15, 0.2) is 35.1 Å². The fraction of sp³-hybridized carbons (Fsp3) is 0.375. The van der Waals surface area contributed by atoms with Gasteiger partial charge >= 0.3 is 6.18 Å². The summed E-state index contributed by atoms with van der Waals surface area (Å²) in [6, 6.07) is 3.88. The third kappa shape index (κ3) is 2.89. The highest BCUT2D eigenvalue weighted by Gasteiger charge is 2.36. The van der Waals surface area contributed by atoms with Crippen molar-refractivity contribution >= 4 is 5.65 Å². The lowest BCUT2D eigenvalue weighted by molar-refractivity contribution is -0.142. The second-order valence-electron chi connectivity index (χ2n) is 6.02. The van der Waals surface area contributed by atoms with E-state index in [9.17, 15) is 13.2 Å². The van der Waals surface area contributed by atoms with Gasteiger partial charge in [0.2, 0.25) is 0 Å². The largest absolute Gasteiger partial charge is 0.463 e. The molecule has 6 nitrogen and oxygen atoms in total. The molecular weight excluding hydrogens is 335 g/mol. The minimum absolute atomic E-state index is 0.121. The summed E-state index contributed by atoms with van der Waals surface area (Å²) in [6.45, 7) is 2.08. The van der Waals surface area contributed by atoms with Crippen molar-refractivity contribution in [3.8, 4) is 11.5 Å². The van der Waals surface area contributed by atoms with Crippen molar-refractivity contribution < 1.29 is 17.6 Å². The molecule has 0 aliphatic carbocycles. The minimum atomic E-state index is -4.56. The number of likely N-dealkylation sites (N-methyl/N-ethyl adjacent to an activating group) is 1. The molecule has 9 heteroatoms. The second-order valence-corrected chi connectivity index (χ2v) is 6.02. The molecule has 0 saturated carbocycles. The Kier molecular flexibility index (Phi) is 3.77. The normalized spacial score (nSPS) is 19.6. The zero-order valence-corrected chi connectivity index (χ0v) is 13.4. The number of nitrogens with zero attached hydrogens (tertiary/aromatic N) is 5. The maximum Gasteiger partial charge on any atom is 0.433 e. The number of rotatable bonds is 2. The number of hydrogen-bond acceptors (Lipinski definition) is 4. The van der Waals surface area contributed by atoms with Crippen LogP contribution in [0.5, 0.6) is 0 Å². The van der Waals surface area contributed by atoms with Crippen molar-refractivity contribution in [2.24, 2.45) is 0 Å². The van der Waals surface area contributed by atoms with Crippen LogP contribution in [-0.4, -0.2) is 46.2 Å². The molecule has 1 radical (unpaired) electrons. The van der Waals surface area contributed by atoms with Crippen LogP contribution >= 0.6 is 0 Å². The Morgan fingerprint density at radius 2 is 2.16 bits per heavy atom. The van der Waals surface area contributed by atoms with E-state index >= 15 is 0 Å². The fourth-order valence-electron chi connectivity index (χ4n) is 2.99. The smallest absolute Gasteiger partial charge is 0.433 e. The number of halogens is 3. The lowest BCUT2D eigenvalue weighted by Crippen LogP contribution is -2.40. The van der Waals surface area contributed by atoms with Gasteiger partial charge in [0, 0.05) is 25.2 Å². The predicted octanol–water partition coefficient (Wildman–Crippen LogP) is 2.60. The molecule has 3 aromatic rings. The number of piperazine rings is 1. The van der Waals surface area contributed by atoms with Crippen molar-refractivity contribution in [1.29, 1.82) is 0 Å². The third-order valence-electron chi connectivity index (χ3n) is 4.24. The van der Waals surface area contributed by atoms with Crippen LogP contribution in [0.25, 0.3) is 17.1 Å². The molecule has 1 aliphatic heterocycles. The van der Waals surface area contributed by atoms with E-state index in [1.807, 2.05) is 7.05 Å². The number of hydrogen-bond donors (Lipinski definition) is 0. The van der Waals surface area contributed by atoms with Gasteiger partial charge in [0.15, 0.2) is 17.1 Å². The number of fused-ring (bicyclic) bond motifs is 1. The van der Waals surface area contributed by atoms with Crippen molar-refractivity contribution in [3.63, 3.8) is 0 Å². The standard InChI is InChI=1S/C16H15F3N5O/c1-23-5-4-20-12(9-23)10-8-21-24-14(16(17,18)19)7-11(22-15(10)24)13-3-2-6-25-13/h2-3,6-8,12H,4-5,9H2,1H3. The second kappa shape index (κ2) is 5.85. The van der Waals surface area contributed by atoms with E-state index in [-0.39, 0.29) is 23.1 Å². The molecule has 1 fully saturated rings. The Bertz CT molecular complexity index is 887. The molecule has 4 heterocycles. The van der Waals surface area contributed by atoms with Crippen molar-refractivity contribution in [3.05, 3.63) is 41.9 Å². The average Bonchev–Trinajstić information content (AvgIpc) is 3.22. The Labute approximate surface area is 141 Å². The predicted molar refractivity (Wildman–Crippen MR) is 82.9 cm³/mol. The number of furan rings is 1. The van der Waals surface area contributed by atoms with Gasteiger partial charge in [-0.05, 0) is 25.2 Å². The summed E-state index contributed by atoms with van der Waals surface area (Å²) in [7, 11) is 1.95. The van der Waals surface area contributed by atoms with E-state index in [1.165, 1.54) is 12.5 Å². The molecule has 1 atom stereocenters. The van der Waals surface area contributed by atoms with Crippen molar-refractivity contribution in [2.45, 2.75) is 12.2 Å². The van der Waals surface area contributed by atoms with Gasteiger partial charge in [0.05, 0.1) is 18.5 Å². The van der Waals surface area contributed by atoms with Gasteiger partial charge in [-0.1, -0.05) is 0 Å². The topological polar surface area (TPSA) is 60.7 Å². The highest BCUT2D eigenvalue weighted by molar-refractivity contribution is 5.60. The van der Waals surface area contributed by atoms with E-state index in [0.29, 0.717) is 18.7 Å². The van der Waals surface area contributed by atoms with E-state index in [0.717, 1.165) is 17.1 Å². The van der Waals surface area contributed by atoms with E-state index in [4.69, 9.17) is 4.42 Å². The highest BCUT2D eigenvalue weighted by atomic mass is 19.4. The maximum atomic E-state index is 13.5. The molecule has 0 bridgehead atoms. The van der Waals surface area contributed by atoms with E-state index < -0.39 is 11.9 Å². The Morgan fingerprint density at radius 1 is 1.32 bits per heavy atom. The number of aromatic nitrogens is 3. The van der Waals surface area contributed by atoms with Crippen LogP contribution in [0.3, 0.4) is 0 Å². The lowest BCUT2D eigenvalue weighted by Gasteiger charge is -2.28. The van der Waals surface area contributed by atoms with E-state index in [1.54, 1.807) is 12.1 Å². The molecule has 1 aliphatic rings. The zero-order chi connectivity index (χ0) is 17.6. The SMILES string of the molecule is CN1CC[N]C(c2cnn3c(C(F)(F)F)cc(-c4ccco4)nc23)C1. The van der Waals surface area contributed by atoms with E-state index in [2.05, 4.69) is 20.3 Å². The van der Waals surface area contributed by atoms with Gasteiger partial charge in [-0.25, -0.2) is 14.8 Å². The Morgan fingerprint density at radius 3 is 2.84 bits per heavy atom. The first-order valence-corrected chi connectivity index (χ1v) is 7.78. The lowest BCUT2D eigenvalue weighted by atomic mass is 10.1.